The van der Waals surface area contributed by atoms with E-state index in [4.69, 9.17) is 28.3 Å². The summed E-state index contributed by atoms with van der Waals surface area (Å²) in [5.74, 6) is -1.94. The minimum atomic E-state index is -1.69. The number of aliphatic hydroxyl groups is 1. The first-order valence-electron chi connectivity index (χ1n) is 12.8. The molecule has 0 heterocycles. The van der Waals surface area contributed by atoms with Gasteiger partial charge in [-0.2, -0.15) is 0 Å². The Morgan fingerprint density at radius 1 is 0.925 bits per heavy atom. The quantitative estimate of drug-likeness (QED) is 0.234. The van der Waals surface area contributed by atoms with Crippen LogP contribution in [0.25, 0.3) is 5.57 Å². The van der Waals surface area contributed by atoms with Crippen LogP contribution in [0.2, 0.25) is 10.0 Å². The lowest BCUT2D eigenvalue weighted by molar-refractivity contribution is -0.146. The monoisotopic (exact) mass is 581 g/mol. The number of hydrogen-bond donors (Lipinski definition) is 4. The number of carbonyl (C=O) groups is 3. The average molecular weight is 582 g/mol. The maximum atomic E-state index is 13.5. The van der Waals surface area contributed by atoms with Crippen LogP contribution in [0, 0.1) is 0 Å². The van der Waals surface area contributed by atoms with Gasteiger partial charge in [-0.3, -0.25) is 9.69 Å². The van der Waals surface area contributed by atoms with Crippen molar-refractivity contribution in [1.29, 1.82) is 0 Å². The third-order valence-corrected chi connectivity index (χ3v) is 7.29. The molecule has 0 unspecified atom stereocenters. The summed E-state index contributed by atoms with van der Waals surface area (Å²) in [5.41, 5.74) is 4.67. The van der Waals surface area contributed by atoms with Gasteiger partial charge in [-0.05, 0) is 84.8 Å². The Bertz CT molecular complexity index is 1410. The summed E-state index contributed by atoms with van der Waals surface area (Å²) < 4.78 is 0. The molecule has 0 bridgehead atoms. The number of carbonyl (C=O) groups excluding carboxylic acids is 2. The number of halogens is 2. The molecule has 0 aliphatic heterocycles. The van der Waals surface area contributed by atoms with Crippen LogP contribution in [0.1, 0.15) is 47.2 Å². The van der Waals surface area contributed by atoms with Gasteiger partial charge in [0, 0.05) is 16.9 Å². The number of amides is 3. The van der Waals surface area contributed by atoms with E-state index < -0.39 is 24.5 Å². The van der Waals surface area contributed by atoms with E-state index in [-0.39, 0.29) is 12.6 Å². The van der Waals surface area contributed by atoms with Crippen molar-refractivity contribution in [1.82, 2.24) is 5.32 Å². The fourth-order valence-corrected chi connectivity index (χ4v) is 4.62. The van der Waals surface area contributed by atoms with E-state index in [0.717, 1.165) is 24.0 Å². The molecule has 0 aromatic heterocycles. The van der Waals surface area contributed by atoms with E-state index >= 15 is 0 Å². The Balaban J connectivity index is 1.53. The Labute approximate surface area is 242 Å². The SMILES string of the molecule is O=C(NC[C@@H](O)C(=O)O)c1ccc(CN(C(=O)Nc2ccc(Cl)c(Cl)c2)c2ccc(C3=CCCCC3)cc2)cc1. The van der Waals surface area contributed by atoms with Gasteiger partial charge in [-0.15, -0.1) is 0 Å². The first kappa shape index (κ1) is 29.1. The molecule has 10 heteroatoms. The topological polar surface area (TPSA) is 119 Å². The van der Waals surface area contributed by atoms with Crippen molar-refractivity contribution in [3.05, 3.63) is 99.5 Å². The molecule has 3 amide bonds. The molecule has 1 atom stereocenters. The summed E-state index contributed by atoms with van der Waals surface area (Å²) in [7, 11) is 0. The molecule has 40 heavy (non-hydrogen) atoms. The predicted octanol–water partition coefficient (Wildman–Crippen LogP) is 6.36. The van der Waals surface area contributed by atoms with Gasteiger partial charge in [0.05, 0.1) is 23.1 Å². The van der Waals surface area contributed by atoms with Crippen LogP contribution in [0.5, 0.6) is 0 Å². The Morgan fingerprint density at radius 3 is 2.27 bits per heavy atom. The molecule has 4 N–H and O–H groups in total. The first-order valence-corrected chi connectivity index (χ1v) is 13.6. The van der Waals surface area contributed by atoms with E-state index in [1.165, 1.54) is 18.4 Å². The van der Waals surface area contributed by atoms with E-state index in [2.05, 4.69) is 16.7 Å². The fourth-order valence-electron chi connectivity index (χ4n) is 4.32. The highest BCUT2D eigenvalue weighted by atomic mass is 35.5. The van der Waals surface area contributed by atoms with Crippen molar-refractivity contribution in [2.45, 2.75) is 38.3 Å². The summed E-state index contributed by atoms with van der Waals surface area (Å²) >= 11 is 12.2. The second kappa shape index (κ2) is 13.5. The molecule has 8 nitrogen and oxygen atoms in total. The van der Waals surface area contributed by atoms with Crippen molar-refractivity contribution in [3.63, 3.8) is 0 Å². The number of aliphatic hydroxyl groups excluding tert-OH is 1. The molecule has 1 aliphatic rings. The minimum Gasteiger partial charge on any atom is -0.479 e. The normalized spacial score (nSPS) is 13.6. The largest absolute Gasteiger partial charge is 0.479 e. The lowest BCUT2D eigenvalue weighted by Gasteiger charge is -2.24. The summed E-state index contributed by atoms with van der Waals surface area (Å²) in [6.45, 7) is -0.208. The standard InChI is InChI=1S/C30H29Cl2N3O5/c31-25-15-12-23(16-26(25)32)34-30(40)35(24-13-10-21(11-14-24)20-4-2-1-3-5-20)18-19-6-8-22(9-7-19)28(37)33-17-27(36)29(38)39/h4,6-16,27,36H,1-3,5,17-18H2,(H,33,37)(H,34,40)(H,38,39)/t27-/m1/s1. The molecule has 4 rings (SSSR count). The van der Waals surface area contributed by atoms with E-state index in [0.29, 0.717) is 27.0 Å². The molecule has 0 saturated heterocycles. The number of urea groups is 1. The predicted molar refractivity (Wildman–Crippen MR) is 157 cm³/mol. The van der Waals surface area contributed by atoms with Gasteiger partial charge in [-0.1, -0.05) is 53.5 Å². The second-order valence-corrected chi connectivity index (χ2v) is 10.2. The maximum absolute atomic E-state index is 13.5. The number of rotatable bonds is 9. The third kappa shape index (κ3) is 7.63. The van der Waals surface area contributed by atoms with E-state index in [1.54, 1.807) is 47.4 Å². The molecular weight excluding hydrogens is 553 g/mol. The zero-order valence-corrected chi connectivity index (χ0v) is 23.1. The van der Waals surface area contributed by atoms with Crippen LogP contribution in [0.3, 0.4) is 0 Å². The molecular formula is C30H29Cl2N3O5. The highest BCUT2D eigenvalue weighted by Crippen LogP contribution is 2.30. The van der Waals surface area contributed by atoms with Gasteiger partial charge >= 0.3 is 12.0 Å². The molecule has 208 valence electrons. The van der Waals surface area contributed by atoms with Crippen molar-refractivity contribution in [2.24, 2.45) is 0 Å². The fraction of sp³-hybridized carbons (Fsp3) is 0.233. The van der Waals surface area contributed by atoms with Gasteiger partial charge in [-0.25, -0.2) is 9.59 Å². The zero-order chi connectivity index (χ0) is 28.6. The van der Waals surface area contributed by atoms with Gasteiger partial charge in [0.2, 0.25) is 0 Å². The van der Waals surface area contributed by atoms with Gasteiger partial charge < -0.3 is 20.8 Å². The lowest BCUT2D eigenvalue weighted by atomic mass is 9.93. The van der Waals surface area contributed by atoms with Crippen molar-refractivity contribution >= 4 is 58.1 Å². The van der Waals surface area contributed by atoms with Crippen LogP contribution in [-0.4, -0.2) is 40.8 Å². The highest BCUT2D eigenvalue weighted by molar-refractivity contribution is 6.42. The minimum absolute atomic E-state index is 0.203. The van der Waals surface area contributed by atoms with Crippen LogP contribution in [0.15, 0.2) is 72.8 Å². The third-order valence-electron chi connectivity index (χ3n) is 6.55. The molecule has 0 fully saturated rings. The number of aliphatic carboxylic acids is 1. The summed E-state index contributed by atoms with van der Waals surface area (Å²) in [6.07, 6.45) is 5.06. The number of carboxylic acid groups (broad SMARTS) is 1. The number of nitrogens with zero attached hydrogens (tertiary/aromatic N) is 1. The summed E-state index contributed by atoms with van der Waals surface area (Å²) in [6, 6.07) is 18.9. The molecule has 3 aromatic rings. The summed E-state index contributed by atoms with van der Waals surface area (Å²) in [4.78, 5) is 38.2. The maximum Gasteiger partial charge on any atom is 0.334 e. The van der Waals surface area contributed by atoms with Gasteiger partial charge in [0.25, 0.3) is 5.91 Å². The second-order valence-electron chi connectivity index (χ2n) is 9.43. The molecule has 0 spiro atoms. The van der Waals surface area contributed by atoms with Crippen molar-refractivity contribution in [2.75, 3.05) is 16.8 Å². The van der Waals surface area contributed by atoms with Crippen LogP contribution >= 0.6 is 23.2 Å². The van der Waals surface area contributed by atoms with Crippen molar-refractivity contribution in [3.8, 4) is 0 Å². The lowest BCUT2D eigenvalue weighted by Crippen LogP contribution is -2.36. The van der Waals surface area contributed by atoms with Gasteiger partial charge in [0.15, 0.2) is 6.10 Å². The number of anilines is 2. The summed E-state index contributed by atoms with van der Waals surface area (Å²) in [5, 5.41) is 24.1. The number of allylic oxidation sites excluding steroid dienone is 2. The molecule has 0 saturated carbocycles. The average Bonchev–Trinajstić information content (AvgIpc) is 2.97. The van der Waals surface area contributed by atoms with Crippen LogP contribution in [-0.2, 0) is 11.3 Å². The number of hydrogen-bond acceptors (Lipinski definition) is 4. The highest BCUT2D eigenvalue weighted by Gasteiger charge is 2.19. The molecule has 3 aromatic carbocycles. The zero-order valence-electron chi connectivity index (χ0n) is 21.6. The number of benzene rings is 3. The van der Waals surface area contributed by atoms with E-state index in [1.807, 2.05) is 24.3 Å². The Kier molecular flexibility index (Phi) is 9.82. The van der Waals surface area contributed by atoms with Crippen molar-refractivity contribution < 1.29 is 24.6 Å². The number of carboxylic acids is 1. The smallest absolute Gasteiger partial charge is 0.334 e. The Morgan fingerprint density at radius 2 is 1.65 bits per heavy atom. The first-order chi connectivity index (χ1) is 19.2. The Hall–Kier alpha value is -3.85. The van der Waals surface area contributed by atoms with Gasteiger partial charge in [0.1, 0.15) is 0 Å². The molecule has 1 aliphatic carbocycles. The number of nitrogens with one attached hydrogen (secondary N) is 2. The molecule has 0 radical (unpaired) electrons. The van der Waals surface area contributed by atoms with Crippen LogP contribution < -0.4 is 15.5 Å². The van der Waals surface area contributed by atoms with E-state index in [9.17, 15) is 19.5 Å². The van der Waals surface area contributed by atoms with Crippen LogP contribution in [0.4, 0.5) is 16.2 Å².